The Kier molecular flexibility index (Phi) is 2.71. The van der Waals surface area contributed by atoms with E-state index in [1.807, 2.05) is 13.0 Å². The molecule has 0 radical (unpaired) electrons. The van der Waals surface area contributed by atoms with Crippen LogP contribution in [0.3, 0.4) is 0 Å². The van der Waals surface area contributed by atoms with E-state index in [-0.39, 0.29) is 0 Å². The van der Waals surface area contributed by atoms with E-state index in [9.17, 15) is 0 Å². The molecule has 0 atom stereocenters. The summed E-state index contributed by atoms with van der Waals surface area (Å²) < 4.78 is 5.12. The smallest absolute Gasteiger partial charge is 0.172 e. The fraction of sp³-hybridized carbons (Fsp3) is 0.222. The molecular formula is C9H10ClNO. The molecule has 0 aromatic carbocycles. The summed E-state index contributed by atoms with van der Waals surface area (Å²) in [6.07, 6.45) is 1.58. The number of halogens is 1. The van der Waals surface area contributed by atoms with E-state index in [4.69, 9.17) is 16.0 Å². The summed E-state index contributed by atoms with van der Waals surface area (Å²) in [5.41, 5.74) is 1.64. The third kappa shape index (κ3) is 1.98. The maximum atomic E-state index is 5.84. The van der Waals surface area contributed by atoms with E-state index < -0.39 is 0 Å². The first kappa shape index (κ1) is 9.07. The predicted octanol–water partition coefficient (Wildman–Crippen LogP) is 3.11. The molecule has 0 aliphatic rings. The third-order valence-corrected chi connectivity index (χ3v) is 1.59. The lowest BCUT2D eigenvalue weighted by Gasteiger charge is -1.94. The molecule has 0 aliphatic heterocycles. The van der Waals surface area contributed by atoms with E-state index in [1.54, 1.807) is 13.2 Å². The van der Waals surface area contributed by atoms with Gasteiger partial charge in [0.15, 0.2) is 10.9 Å². The maximum Gasteiger partial charge on any atom is 0.172 e. The Hall–Kier alpha value is -1.02. The van der Waals surface area contributed by atoms with Gasteiger partial charge in [0.1, 0.15) is 0 Å². The zero-order valence-electron chi connectivity index (χ0n) is 7.10. The predicted molar refractivity (Wildman–Crippen MR) is 50.6 cm³/mol. The van der Waals surface area contributed by atoms with Gasteiger partial charge in [-0.3, -0.25) is 0 Å². The van der Waals surface area contributed by atoms with Gasteiger partial charge in [-0.05, 0) is 25.5 Å². The largest absolute Gasteiger partial charge is 0.461 e. The van der Waals surface area contributed by atoms with Gasteiger partial charge in [-0.25, -0.2) is 4.99 Å². The first-order valence-electron chi connectivity index (χ1n) is 3.55. The van der Waals surface area contributed by atoms with Gasteiger partial charge in [-0.2, -0.15) is 0 Å². The molecule has 1 rings (SSSR count). The van der Waals surface area contributed by atoms with E-state index >= 15 is 0 Å². The van der Waals surface area contributed by atoms with Crippen molar-refractivity contribution in [3.8, 4) is 0 Å². The van der Waals surface area contributed by atoms with Gasteiger partial charge in [0.2, 0.25) is 0 Å². The summed E-state index contributed by atoms with van der Waals surface area (Å²) in [5, 5.41) is 0.352. The van der Waals surface area contributed by atoms with E-state index in [0.29, 0.717) is 16.6 Å². The lowest BCUT2D eigenvalue weighted by atomic mass is 10.3. The Bertz CT molecular complexity index is 325. The highest BCUT2D eigenvalue weighted by molar-refractivity contribution is 6.69. The highest BCUT2D eigenvalue weighted by Crippen LogP contribution is 2.13. The molecule has 0 fully saturated rings. The van der Waals surface area contributed by atoms with Crippen molar-refractivity contribution in [2.75, 3.05) is 0 Å². The SMILES string of the molecule is C=C(C)N=C(Cl)c1occc1C. The average Bonchev–Trinajstić information content (AvgIpc) is 2.33. The molecule has 0 bridgehead atoms. The molecule has 2 nitrogen and oxygen atoms in total. The molecule has 64 valence electrons. The number of hydrogen-bond donors (Lipinski definition) is 0. The van der Waals surface area contributed by atoms with Gasteiger partial charge >= 0.3 is 0 Å². The average molecular weight is 184 g/mol. The van der Waals surface area contributed by atoms with Gasteiger partial charge in [-0.15, -0.1) is 0 Å². The molecule has 0 amide bonds. The molecule has 0 saturated carbocycles. The molecule has 0 aliphatic carbocycles. The number of allylic oxidation sites excluding steroid dienone is 1. The van der Waals surface area contributed by atoms with Crippen LogP contribution in [-0.2, 0) is 0 Å². The number of nitrogens with zero attached hydrogens (tertiary/aromatic N) is 1. The Balaban J connectivity index is 2.99. The van der Waals surface area contributed by atoms with E-state index in [2.05, 4.69) is 11.6 Å². The summed E-state index contributed by atoms with van der Waals surface area (Å²) in [4.78, 5) is 3.97. The van der Waals surface area contributed by atoms with Crippen molar-refractivity contribution in [1.29, 1.82) is 0 Å². The molecule has 0 N–H and O–H groups in total. The fourth-order valence-corrected chi connectivity index (χ4v) is 1.14. The van der Waals surface area contributed by atoms with Crippen molar-refractivity contribution in [3.05, 3.63) is 35.9 Å². The Labute approximate surface area is 76.6 Å². The summed E-state index contributed by atoms with van der Waals surface area (Å²) in [6, 6.07) is 1.84. The quantitative estimate of drug-likeness (QED) is 0.647. The molecule has 1 heterocycles. The molecule has 3 heteroatoms. The second-order valence-corrected chi connectivity index (χ2v) is 2.93. The number of aliphatic imine (C=N–C) groups is 1. The van der Waals surface area contributed by atoms with E-state index in [1.165, 1.54) is 0 Å². The zero-order chi connectivity index (χ0) is 9.14. The zero-order valence-corrected chi connectivity index (χ0v) is 7.85. The highest BCUT2D eigenvalue weighted by atomic mass is 35.5. The van der Waals surface area contributed by atoms with Crippen molar-refractivity contribution in [2.24, 2.45) is 4.99 Å². The maximum absolute atomic E-state index is 5.84. The van der Waals surface area contributed by atoms with Crippen LogP contribution in [0.15, 0.2) is 34.0 Å². The molecule has 1 aromatic rings. The normalized spacial score (nSPS) is 11.8. The second-order valence-electron chi connectivity index (χ2n) is 2.57. The van der Waals surface area contributed by atoms with Gasteiger partial charge in [0.25, 0.3) is 0 Å². The minimum atomic E-state index is 0.352. The number of aryl methyl sites for hydroxylation is 1. The molecule has 1 aromatic heterocycles. The minimum absolute atomic E-state index is 0.352. The van der Waals surface area contributed by atoms with Gasteiger partial charge in [0.05, 0.1) is 6.26 Å². The van der Waals surface area contributed by atoms with Crippen molar-refractivity contribution >= 4 is 16.8 Å². The van der Waals surface area contributed by atoms with Crippen molar-refractivity contribution in [1.82, 2.24) is 0 Å². The topological polar surface area (TPSA) is 25.5 Å². The van der Waals surface area contributed by atoms with Crippen LogP contribution in [-0.4, -0.2) is 5.17 Å². The summed E-state index contributed by atoms with van der Waals surface area (Å²) >= 11 is 5.84. The molecule has 0 spiro atoms. The van der Waals surface area contributed by atoms with Crippen LogP contribution in [0.2, 0.25) is 0 Å². The Morgan fingerprint density at radius 3 is 2.75 bits per heavy atom. The summed E-state index contributed by atoms with van der Waals surface area (Å²) in [7, 11) is 0. The Morgan fingerprint density at radius 2 is 2.33 bits per heavy atom. The van der Waals surface area contributed by atoms with Crippen LogP contribution in [0.4, 0.5) is 0 Å². The monoisotopic (exact) mass is 183 g/mol. The van der Waals surface area contributed by atoms with Gasteiger partial charge < -0.3 is 4.42 Å². The second kappa shape index (κ2) is 3.59. The van der Waals surface area contributed by atoms with Crippen molar-refractivity contribution < 1.29 is 4.42 Å². The first-order chi connectivity index (χ1) is 5.61. The number of rotatable bonds is 2. The van der Waals surface area contributed by atoms with Crippen LogP contribution in [0.1, 0.15) is 18.2 Å². The minimum Gasteiger partial charge on any atom is -0.461 e. The van der Waals surface area contributed by atoms with Crippen LogP contribution in [0.25, 0.3) is 0 Å². The lowest BCUT2D eigenvalue weighted by molar-refractivity contribution is 0.557. The van der Waals surface area contributed by atoms with Crippen LogP contribution >= 0.6 is 11.6 Å². The van der Waals surface area contributed by atoms with E-state index in [0.717, 1.165) is 5.56 Å². The number of furan rings is 1. The molecular weight excluding hydrogens is 174 g/mol. The number of hydrogen-bond acceptors (Lipinski definition) is 2. The Morgan fingerprint density at radius 1 is 1.67 bits per heavy atom. The van der Waals surface area contributed by atoms with Gasteiger partial charge in [-0.1, -0.05) is 18.2 Å². The lowest BCUT2D eigenvalue weighted by Crippen LogP contribution is -1.90. The van der Waals surface area contributed by atoms with Crippen LogP contribution in [0, 0.1) is 6.92 Å². The van der Waals surface area contributed by atoms with Crippen molar-refractivity contribution in [3.63, 3.8) is 0 Å². The molecule has 12 heavy (non-hydrogen) atoms. The van der Waals surface area contributed by atoms with Crippen molar-refractivity contribution in [2.45, 2.75) is 13.8 Å². The highest BCUT2D eigenvalue weighted by Gasteiger charge is 2.06. The molecule has 0 unspecified atom stereocenters. The first-order valence-corrected chi connectivity index (χ1v) is 3.93. The molecule has 0 saturated heterocycles. The summed E-state index contributed by atoms with van der Waals surface area (Å²) in [5.74, 6) is 0.611. The standard InChI is InChI=1S/C9H10ClNO/c1-6(2)11-9(10)8-7(3)4-5-12-8/h4-5H,1H2,2-3H3. The van der Waals surface area contributed by atoms with Crippen LogP contribution in [0.5, 0.6) is 0 Å². The fourth-order valence-electron chi connectivity index (χ4n) is 0.802. The van der Waals surface area contributed by atoms with Gasteiger partial charge in [0, 0.05) is 5.70 Å². The summed E-state index contributed by atoms with van der Waals surface area (Å²) in [6.45, 7) is 7.31. The van der Waals surface area contributed by atoms with Crippen LogP contribution < -0.4 is 0 Å². The third-order valence-electron chi connectivity index (χ3n) is 1.34.